The van der Waals surface area contributed by atoms with E-state index < -0.39 is 0 Å². The minimum atomic E-state index is 0.639. The lowest BCUT2D eigenvalue weighted by Crippen LogP contribution is -2.13. The zero-order chi connectivity index (χ0) is 9.10. The molecule has 2 nitrogen and oxygen atoms in total. The van der Waals surface area contributed by atoms with Gasteiger partial charge >= 0.3 is 0 Å². The maximum atomic E-state index is 10.1. The maximum absolute atomic E-state index is 10.1. The second-order valence-corrected chi connectivity index (χ2v) is 3.09. The number of rotatable bonds is 3. The Labute approximate surface area is 77.3 Å². The van der Waals surface area contributed by atoms with Gasteiger partial charge in [0.2, 0.25) is 6.41 Å². The highest BCUT2D eigenvalue weighted by molar-refractivity contribution is 5.75. The van der Waals surface area contributed by atoms with E-state index in [1.54, 1.807) is 0 Å². The SMILES string of the molecule is O=CNCC1=CCc2ccccc21. The Kier molecular flexibility index (Phi) is 2.13. The van der Waals surface area contributed by atoms with Crippen LogP contribution in [-0.4, -0.2) is 13.0 Å². The molecule has 0 saturated heterocycles. The summed E-state index contributed by atoms with van der Waals surface area (Å²) in [6.07, 6.45) is 3.90. The zero-order valence-electron chi connectivity index (χ0n) is 7.29. The topological polar surface area (TPSA) is 29.1 Å². The number of hydrogen-bond acceptors (Lipinski definition) is 1. The van der Waals surface area contributed by atoms with E-state index in [-0.39, 0.29) is 0 Å². The molecule has 1 aliphatic rings. The Morgan fingerprint density at radius 2 is 2.23 bits per heavy atom. The number of allylic oxidation sites excluding steroid dienone is 1. The molecule has 0 spiro atoms. The van der Waals surface area contributed by atoms with Gasteiger partial charge < -0.3 is 5.32 Å². The molecule has 1 aromatic carbocycles. The first-order chi connectivity index (χ1) is 6.42. The lowest BCUT2D eigenvalue weighted by atomic mass is 10.1. The van der Waals surface area contributed by atoms with E-state index in [4.69, 9.17) is 0 Å². The van der Waals surface area contributed by atoms with Crippen LogP contribution in [0.25, 0.3) is 5.57 Å². The van der Waals surface area contributed by atoms with Crippen molar-refractivity contribution in [1.82, 2.24) is 5.32 Å². The van der Waals surface area contributed by atoms with Crippen molar-refractivity contribution in [3.63, 3.8) is 0 Å². The van der Waals surface area contributed by atoms with Crippen molar-refractivity contribution in [2.45, 2.75) is 6.42 Å². The highest BCUT2D eigenvalue weighted by Gasteiger charge is 2.11. The van der Waals surface area contributed by atoms with Crippen LogP contribution in [0.4, 0.5) is 0 Å². The van der Waals surface area contributed by atoms with Crippen LogP contribution in [0.2, 0.25) is 0 Å². The van der Waals surface area contributed by atoms with E-state index in [1.165, 1.54) is 16.7 Å². The van der Waals surface area contributed by atoms with Crippen LogP contribution in [0.3, 0.4) is 0 Å². The van der Waals surface area contributed by atoms with Gasteiger partial charge in [-0.25, -0.2) is 0 Å². The molecule has 1 N–H and O–H groups in total. The maximum Gasteiger partial charge on any atom is 0.207 e. The van der Waals surface area contributed by atoms with Crippen molar-refractivity contribution in [1.29, 1.82) is 0 Å². The number of nitrogens with one attached hydrogen (secondary N) is 1. The van der Waals surface area contributed by atoms with Crippen molar-refractivity contribution in [3.8, 4) is 0 Å². The summed E-state index contributed by atoms with van der Waals surface area (Å²) in [6.45, 7) is 0.639. The molecule has 0 unspecified atom stereocenters. The Morgan fingerprint density at radius 3 is 3.08 bits per heavy atom. The van der Waals surface area contributed by atoms with Crippen molar-refractivity contribution in [2.75, 3.05) is 6.54 Å². The molecule has 2 rings (SSSR count). The zero-order valence-corrected chi connectivity index (χ0v) is 7.29. The number of hydrogen-bond donors (Lipinski definition) is 1. The summed E-state index contributed by atoms with van der Waals surface area (Å²) in [5.41, 5.74) is 3.85. The van der Waals surface area contributed by atoms with Crippen LogP contribution in [-0.2, 0) is 11.2 Å². The van der Waals surface area contributed by atoms with Crippen molar-refractivity contribution >= 4 is 12.0 Å². The number of carbonyl (C=O) groups excluding carboxylic acids is 1. The third-order valence-corrected chi connectivity index (χ3v) is 2.31. The molecule has 0 bridgehead atoms. The molecule has 66 valence electrons. The van der Waals surface area contributed by atoms with Crippen LogP contribution >= 0.6 is 0 Å². The van der Waals surface area contributed by atoms with Gasteiger partial charge in [-0.2, -0.15) is 0 Å². The van der Waals surface area contributed by atoms with Crippen molar-refractivity contribution in [2.24, 2.45) is 0 Å². The Hall–Kier alpha value is -1.57. The molecule has 1 aromatic rings. The van der Waals surface area contributed by atoms with Gasteiger partial charge in [-0.1, -0.05) is 30.3 Å². The molecular formula is C11H11NO. The van der Waals surface area contributed by atoms with Crippen LogP contribution in [0.1, 0.15) is 11.1 Å². The number of amides is 1. The van der Waals surface area contributed by atoms with E-state index in [2.05, 4.69) is 23.5 Å². The summed E-state index contributed by atoms with van der Waals surface area (Å²) in [5, 5.41) is 2.68. The van der Waals surface area contributed by atoms with Gasteiger partial charge in [0, 0.05) is 6.54 Å². The van der Waals surface area contributed by atoms with Gasteiger partial charge in [0.1, 0.15) is 0 Å². The van der Waals surface area contributed by atoms with Gasteiger partial charge in [-0.15, -0.1) is 0 Å². The molecule has 0 atom stereocenters. The number of fused-ring (bicyclic) bond motifs is 1. The molecule has 0 saturated carbocycles. The third kappa shape index (κ3) is 1.47. The molecule has 2 heteroatoms. The molecule has 1 amide bonds. The Morgan fingerprint density at radius 1 is 1.38 bits per heavy atom. The second-order valence-electron chi connectivity index (χ2n) is 3.09. The smallest absolute Gasteiger partial charge is 0.207 e. The molecule has 0 radical (unpaired) electrons. The molecule has 0 heterocycles. The summed E-state index contributed by atoms with van der Waals surface area (Å²) in [6, 6.07) is 8.29. The second kappa shape index (κ2) is 3.44. The summed E-state index contributed by atoms with van der Waals surface area (Å²) < 4.78 is 0. The van der Waals surface area contributed by atoms with Gasteiger partial charge in [0.05, 0.1) is 0 Å². The highest BCUT2D eigenvalue weighted by atomic mass is 16.1. The minimum absolute atomic E-state index is 0.639. The summed E-state index contributed by atoms with van der Waals surface area (Å²) in [7, 11) is 0. The van der Waals surface area contributed by atoms with Crippen LogP contribution < -0.4 is 5.32 Å². The fourth-order valence-electron chi connectivity index (χ4n) is 1.67. The average molecular weight is 173 g/mol. The largest absolute Gasteiger partial charge is 0.355 e. The highest BCUT2D eigenvalue weighted by Crippen LogP contribution is 2.25. The van der Waals surface area contributed by atoms with Crippen LogP contribution in [0.15, 0.2) is 30.3 Å². The first-order valence-electron chi connectivity index (χ1n) is 4.36. The molecule has 0 aromatic heterocycles. The van der Waals surface area contributed by atoms with Gasteiger partial charge in [0.25, 0.3) is 0 Å². The molecule has 1 aliphatic carbocycles. The monoisotopic (exact) mass is 173 g/mol. The first kappa shape index (κ1) is 8.05. The predicted octanol–water partition coefficient (Wildman–Crippen LogP) is 1.37. The van der Waals surface area contributed by atoms with Gasteiger partial charge in [0.15, 0.2) is 0 Å². The predicted molar refractivity (Wildman–Crippen MR) is 52.2 cm³/mol. The molecular weight excluding hydrogens is 162 g/mol. The van der Waals surface area contributed by atoms with E-state index in [9.17, 15) is 4.79 Å². The van der Waals surface area contributed by atoms with E-state index in [1.807, 2.05) is 12.1 Å². The standard InChI is InChI=1S/C11H11NO/c13-8-12-7-10-6-5-9-3-1-2-4-11(9)10/h1-4,6,8H,5,7H2,(H,12,13). The Balaban J connectivity index is 2.20. The average Bonchev–Trinajstić information content (AvgIpc) is 2.58. The molecule has 13 heavy (non-hydrogen) atoms. The third-order valence-electron chi connectivity index (χ3n) is 2.31. The van der Waals surface area contributed by atoms with E-state index in [0.29, 0.717) is 6.54 Å². The van der Waals surface area contributed by atoms with Crippen LogP contribution in [0.5, 0.6) is 0 Å². The van der Waals surface area contributed by atoms with Crippen LogP contribution in [0, 0.1) is 0 Å². The summed E-state index contributed by atoms with van der Waals surface area (Å²) in [4.78, 5) is 10.1. The normalized spacial score (nSPS) is 13.4. The first-order valence-corrected chi connectivity index (χ1v) is 4.36. The fourth-order valence-corrected chi connectivity index (χ4v) is 1.67. The summed E-state index contributed by atoms with van der Waals surface area (Å²) in [5.74, 6) is 0. The molecule has 0 fully saturated rings. The quantitative estimate of drug-likeness (QED) is 0.687. The van der Waals surface area contributed by atoms with Crippen molar-refractivity contribution < 1.29 is 4.79 Å². The minimum Gasteiger partial charge on any atom is -0.355 e. The lowest BCUT2D eigenvalue weighted by Gasteiger charge is -2.03. The number of benzene rings is 1. The molecule has 0 aliphatic heterocycles. The van der Waals surface area contributed by atoms with E-state index in [0.717, 1.165) is 12.8 Å². The van der Waals surface area contributed by atoms with Gasteiger partial charge in [-0.3, -0.25) is 4.79 Å². The summed E-state index contributed by atoms with van der Waals surface area (Å²) >= 11 is 0. The van der Waals surface area contributed by atoms with Crippen molar-refractivity contribution in [3.05, 3.63) is 41.5 Å². The van der Waals surface area contributed by atoms with E-state index >= 15 is 0 Å². The Bertz CT molecular complexity index is 355. The lowest BCUT2D eigenvalue weighted by molar-refractivity contribution is -0.109. The number of carbonyl (C=O) groups is 1. The van der Waals surface area contributed by atoms with Gasteiger partial charge in [-0.05, 0) is 23.1 Å². The fraction of sp³-hybridized carbons (Fsp3) is 0.182.